The second-order valence-corrected chi connectivity index (χ2v) is 5.15. The van der Waals surface area contributed by atoms with Crippen LogP contribution in [-0.2, 0) is 0 Å². The van der Waals surface area contributed by atoms with Gasteiger partial charge in [-0.05, 0) is 41.0 Å². The molecular weight excluding hydrogens is 216 g/mol. The molecule has 0 aliphatic heterocycles. The summed E-state index contributed by atoms with van der Waals surface area (Å²) >= 11 is 0. The first-order chi connectivity index (χ1) is 8.74. The zero-order valence-electron chi connectivity index (χ0n) is 11.4. The van der Waals surface area contributed by atoms with Crippen molar-refractivity contribution in [3.05, 3.63) is 60.7 Å². The Balaban J connectivity index is 2.22. The zero-order chi connectivity index (χ0) is 13.0. The van der Waals surface area contributed by atoms with E-state index in [0.717, 1.165) is 0 Å². The van der Waals surface area contributed by atoms with Gasteiger partial charge < -0.3 is 0 Å². The number of allylic oxidation sites excluding steroid dienone is 1. The average molecular weight is 238 g/mol. The maximum Gasteiger partial charge on any atom is -0.0181 e. The third-order valence-electron chi connectivity index (χ3n) is 3.86. The molecule has 94 valence electrons. The van der Waals surface area contributed by atoms with Crippen molar-refractivity contribution in [2.45, 2.75) is 32.6 Å². The lowest BCUT2D eigenvalue weighted by molar-refractivity contribution is 0.517. The van der Waals surface area contributed by atoms with Gasteiger partial charge in [-0.15, -0.1) is 6.58 Å². The summed E-state index contributed by atoms with van der Waals surface area (Å²) < 4.78 is 0. The third kappa shape index (κ3) is 2.81. The Labute approximate surface area is 110 Å². The first kappa shape index (κ1) is 12.9. The SMILES string of the molecule is C=CC(CC)CC(C)c1ccc2ccccc2c1. The molecule has 0 aliphatic rings. The van der Waals surface area contributed by atoms with Crippen LogP contribution in [0.4, 0.5) is 0 Å². The molecule has 0 heterocycles. The Morgan fingerprint density at radius 2 is 1.83 bits per heavy atom. The van der Waals surface area contributed by atoms with Crippen LogP contribution < -0.4 is 0 Å². The van der Waals surface area contributed by atoms with E-state index in [-0.39, 0.29) is 0 Å². The van der Waals surface area contributed by atoms with Crippen LogP contribution in [0, 0.1) is 5.92 Å². The molecule has 0 heteroatoms. The largest absolute Gasteiger partial charge is 0.103 e. The summed E-state index contributed by atoms with van der Waals surface area (Å²) in [5.41, 5.74) is 1.44. The Hall–Kier alpha value is -1.56. The lowest BCUT2D eigenvalue weighted by atomic mass is 9.88. The van der Waals surface area contributed by atoms with Gasteiger partial charge >= 0.3 is 0 Å². The van der Waals surface area contributed by atoms with Crippen molar-refractivity contribution in [2.24, 2.45) is 5.92 Å². The molecule has 0 radical (unpaired) electrons. The molecule has 0 saturated heterocycles. The fraction of sp³-hybridized carbons (Fsp3) is 0.333. The molecule has 0 bridgehead atoms. The van der Waals surface area contributed by atoms with Gasteiger partial charge in [-0.2, -0.15) is 0 Å². The molecule has 18 heavy (non-hydrogen) atoms. The molecule has 2 rings (SSSR count). The summed E-state index contributed by atoms with van der Waals surface area (Å²) in [6.07, 6.45) is 4.47. The minimum absolute atomic E-state index is 0.595. The smallest absolute Gasteiger partial charge is 0.0181 e. The third-order valence-corrected chi connectivity index (χ3v) is 3.86. The highest BCUT2D eigenvalue weighted by Gasteiger charge is 2.10. The van der Waals surface area contributed by atoms with Crippen LogP contribution in [-0.4, -0.2) is 0 Å². The van der Waals surface area contributed by atoms with E-state index < -0.39 is 0 Å². The van der Waals surface area contributed by atoms with Gasteiger partial charge in [-0.25, -0.2) is 0 Å². The zero-order valence-corrected chi connectivity index (χ0v) is 11.4. The van der Waals surface area contributed by atoms with E-state index in [4.69, 9.17) is 0 Å². The molecule has 2 aromatic rings. The topological polar surface area (TPSA) is 0 Å². The van der Waals surface area contributed by atoms with Gasteiger partial charge in [0.1, 0.15) is 0 Å². The monoisotopic (exact) mass is 238 g/mol. The maximum atomic E-state index is 3.93. The number of hydrogen-bond donors (Lipinski definition) is 0. The van der Waals surface area contributed by atoms with Crippen LogP contribution in [0.5, 0.6) is 0 Å². The number of rotatable bonds is 5. The van der Waals surface area contributed by atoms with Crippen molar-refractivity contribution in [1.29, 1.82) is 0 Å². The minimum Gasteiger partial charge on any atom is -0.103 e. The lowest BCUT2D eigenvalue weighted by Gasteiger charge is -2.17. The molecule has 0 N–H and O–H groups in total. The number of hydrogen-bond acceptors (Lipinski definition) is 0. The summed E-state index contributed by atoms with van der Waals surface area (Å²) in [6, 6.07) is 15.4. The van der Waals surface area contributed by atoms with Crippen LogP contribution in [0.1, 0.15) is 38.2 Å². The average Bonchev–Trinajstić information content (AvgIpc) is 2.44. The Kier molecular flexibility index (Phi) is 4.19. The quantitative estimate of drug-likeness (QED) is 0.599. The summed E-state index contributed by atoms with van der Waals surface area (Å²) in [7, 11) is 0. The summed E-state index contributed by atoms with van der Waals surface area (Å²) in [5, 5.41) is 2.66. The van der Waals surface area contributed by atoms with Gasteiger partial charge in [0.2, 0.25) is 0 Å². The van der Waals surface area contributed by atoms with Gasteiger partial charge in [-0.1, -0.05) is 62.4 Å². The first-order valence-electron chi connectivity index (χ1n) is 6.85. The van der Waals surface area contributed by atoms with E-state index in [1.54, 1.807) is 0 Å². The first-order valence-corrected chi connectivity index (χ1v) is 6.85. The summed E-state index contributed by atoms with van der Waals surface area (Å²) in [5.74, 6) is 1.23. The van der Waals surface area contributed by atoms with Crippen LogP contribution in [0.3, 0.4) is 0 Å². The molecule has 0 fully saturated rings. The van der Waals surface area contributed by atoms with E-state index in [1.165, 1.54) is 29.2 Å². The standard InChI is InChI=1S/C18H22/c1-4-15(5-2)12-14(3)17-11-10-16-8-6-7-9-18(16)13-17/h4,6-11,13-15H,1,5,12H2,2-3H3. The molecule has 0 amide bonds. The van der Waals surface area contributed by atoms with Gasteiger partial charge in [0, 0.05) is 0 Å². The van der Waals surface area contributed by atoms with Crippen LogP contribution in [0.25, 0.3) is 10.8 Å². The van der Waals surface area contributed by atoms with Crippen molar-refractivity contribution >= 4 is 10.8 Å². The highest BCUT2D eigenvalue weighted by Crippen LogP contribution is 2.28. The molecule has 0 aliphatic carbocycles. The molecule has 0 saturated carbocycles. The highest BCUT2D eigenvalue weighted by molar-refractivity contribution is 5.83. The number of fused-ring (bicyclic) bond motifs is 1. The normalized spacial score (nSPS) is 14.3. The number of benzene rings is 2. The predicted octanol–water partition coefficient (Wildman–Crippen LogP) is 5.55. The second kappa shape index (κ2) is 5.86. The molecule has 0 nitrogen and oxygen atoms in total. The molecule has 2 unspecified atom stereocenters. The van der Waals surface area contributed by atoms with E-state index in [1.807, 2.05) is 0 Å². The molecule has 2 aromatic carbocycles. The van der Waals surface area contributed by atoms with Gasteiger partial charge in [0.25, 0.3) is 0 Å². The van der Waals surface area contributed by atoms with Gasteiger partial charge in [0.05, 0.1) is 0 Å². The minimum atomic E-state index is 0.595. The second-order valence-electron chi connectivity index (χ2n) is 5.15. The Morgan fingerprint density at radius 1 is 1.11 bits per heavy atom. The van der Waals surface area contributed by atoms with Crippen molar-refractivity contribution in [3.8, 4) is 0 Å². The van der Waals surface area contributed by atoms with Crippen molar-refractivity contribution in [1.82, 2.24) is 0 Å². The van der Waals surface area contributed by atoms with Crippen LogP contribution in [0.15, 0.2) is 55.1 Å². The summed E-state index contributed by atoms with van der Waals surface area (Å²) in [4.78, 5) is 0. The Morgan fingerprint density at radius 3 is 2.50 bits per heavy atom. The van der Waals surface area contributed by atoms with Crippen molar-refractivity contribution < 1.29 is 0 Å². The van der Waals surface area contributed by atoms with Crippen LogP contribution >= 0.6 is 0 Å². The van der Waals surface area contributed by atoms with Crippen molar-refractivity contribution in [2.75, 3.05) is 0 Å². The van der Waals surface area contributed by atoms with E-state index in [2.05, 4.69) is 69.0 Å². The van der Waals surface area contributed by atoms with Gasteiger partial charge in [-0.3, -0.25) is 0 Å². The van der Waals surface area contributed by atoms with E-state index >= 15 is 0 Å². The predicted molar refractivity (Wildman–Crippen MR) is 81.0 cm³/mol. The lowest BCUT2D eigenvalue weighted by Crippen LogP contribution is -2.02. The molecular formula is C18H22. The van der Waals surface area contributed by atoms with Crippen LogP contribution in [0.2, 0.25) is 0 Å². The summed E-state index contributed by atoms with van der Waals surface area (Å²) in [6.45, 7) is 8.48. The molecule has 0 aromatic heterocycles. The fourth-order valence-electron chi connectivity index (χ4n) is 2.53. The Bertz CT molecular complexity index is 524. The highest BCUT2D eigenvalue weighted by atomic mass is 14.2. The molecule has 2 atom stereocenters. The van der Waals surface area contributed by atoms with E-state index in [0.29, 0.717) is 11.8 Å². The molecule has 0 spiro atoms. The fourth-order valence-corrected chi connectivity index (χ4v) is 2.53. The maximum absolute atomic E-state index is 3.93. The van der Waals surface area contributed by atoms with Crippen molar-refractivity contribution in [3.63, 3.8) is 0 Å². The van der Waals surface area contributed by atoms with Gasteiger partial charge in [0.15, 0.2) is 0 Å². The van der Waals surface area contributed by atoms with E-state index in [9.17, 15) is 0 Å².